The zero-order valence-electron chi connectivity index (χ0n) is 11.3. The van der Waals surface area contributed by atoms with Gasteiger partial charge in [0.2, 0.25) is 0 Å². The molecule has 3 atom stereocenters. The Morgan fingerprint density at radius 2 is 2.06 bits per heavy atom. The number of likely N-dealkylation sites (tertiary alicyclic amines) is 1. The first-order valence-electron chi connectivity index (χ1n) is 7.30. The van der Waals surface area contributed by atoms with Crippen LogP contribution in [0.1, 0.15) is 45.4 Å². The monoisotopic (exact) mass is 271 g/mol. The summed E-state index contributed by atoms with van der Waals surface area (Å²) in [5.41, 5.74) is 0. The van der Waals surface area contributed by atoms with Crippen molar-refractivity contribution in [2.45, 2.75) is 57.5 Å². The summed E-state index contributed by atoms with van der Waals surface area (Å²) in [7, 11) is 0. The SMILES string of the molecule is CCSCCN1C(C(=O)O)CCC2CCCCC21. The lowest BCUT2D eigenvalue weighted by atomic mass is 9.76. The molecule has 1 aliphatic heterocycles. The van der Waals surface area contributed by atoms with Crippen molar-refractivity contribution < 1.29 is 9.90 Å². The van der Waals surface area contributed by atoms with Crippen LogP contribution >= 0.6 is 11.8 Å². The Labute approximate surface area is 114 Å². The number of carbonyl (C=O) groups is 1. The van der Waals surface area contributed by atoms with Gasteiger partial charge in [0.25, 0.3) is 0 Å². The Kier molecular flexibility index (Phi) is 5.37. The average molecular weight is 271 g/mol. The smallest absolute Gasteiger partial charge is 0.320 e. The third kappa shape index (κ3) is 3.21. The third-order valence-corrected chi connectivity index (χ3v) is 5.37. The van der Waals surface area contributed by atoms with Crippen molar-refractivity contribution in [2.24, 2.45) is 5.92 Å². The fourth-order valence-electron chi connectivity index (χ4n) is 3.63. The quantitative estimate of drug-likeness (QED) is 0.781. The van der Waals surface area contributed by atoms with Gasteiger partial charge in [0.05, 0.1) is 0 Å². The van der Waals surface area contributed by atoms with Crippen LogP contribution in [0.2, 0.25) is 0 Å². The van der Waals surface area contributed by atoms with E-state index in [2.05, 4.69) is 11.8 Å². The molecule has 0 amide bonds. The zero-order valence-corrected chi connectivity index (χ0v) is 12.1. The third-order valence-electron chi connectivity index (χ3n) is 4.49. The van der Waals surface area contributed by atoms with Gasteiger partial charge in [-0.3, -0.25) is 9.69 Å². The van der Waals surface area contributed by atoms with Gasteiger partial charge in [-0.2, -0.15) is 11.8 Å². The van der Waals surface area contributed by atoms with Crippen LogP contribution in [0.4, 0.5) is 0 Å². The van der Waals surface area contributed by atoms with E-state index in [-0.39, 0.29) is 6.04 Å². The molecule has 0 radical (unpaired) electrons. The molecule has 0 spiro atoms. The van der Waals surface area contributed by atoms with E-state index in [4.69, 9.17) is 0 Å². The van der Waals surface area contributed by atoms with Crippen LogP contribution < -0.4 is 0 Å². The minimum atomic E-state index is -0.611. The normalized spacial score (nSPS) is 33.1. The van der Waals surface area contributed by atoms with E-state index in [1.165, 1.54) is 25.7 Å². The summed E-state index contributed by atoms with van der Waals surface area (Å²) >= 11 is 1.92. The lowest BCUT2D eigenvalue weighted by Crippen LogP contribution is -2.55. The Bertz CT molecular complexity index is 285. The van der Waals surface area contributed by atoms with Crippen LogP contribution in [0.25, 0.3) is 0 Å². The van der Waals surface area contributed by atoms with E-state index < -0.39 is 5.97 Å². The predicted molar refractivity (Wildman–Crippen MR) is 76.1 cm³/mol. The number of hydrogen-bond donors (Lipinski definition) is 1. The summed E-state index contributed by atoms with van der Waals surface area (Å²) in [6.45, 7) is 3.12. The highest BCUT2D eigenvalue weighted by Gasteiger charge is 2.40. The van der Waals surface area contributed by atoms with Gasteiger partial charge in [0.15, 0.2) is 0 Å². The van der Waals surface area contributed by atoms with Crippen LogP contribution in [-0.4, -0.2) is 46.1 Å². The Morgan fingerprint density at radius 1 is 1.28 bits per heavy atom. The second-order valence-corrected chi connectivity index (χ2v) is 6.87. The van der Waals surface area contributed by atoms with Gasteiger partial charge in [-0.05, 0) is 37.4 Å². The molecule has 4 heteroatoms. The first kappa shape index (κ1) is 14.2. The van der Waals surface area contributed by atoms with Crippen molar-refractivity contribution in [2.75, 3.05) is 18.1 Å². The molecule has 0 bridgehead atoms. The molecule has 104 valence electrons. The number of carboxylic acid groups (broad SMARTS) is 1. The van der Waals surface area contributed by atoms with E-state index in [0.717, 1.165) is 36.8 Å². The summed E-state index contributed by atoms with van der Waals surface area (Å²) < 4.78 is 0. The predicted octanol–water partition coefficient (Wildman–Crippen LogP) is 2.85. The van der Waals surface area contributed by atoms with Gasteiger partial charge in [0, 0.05) is 18.3 Å². The van der Waals surface area contributed by atoms with Crippen LogP contribution in [0, 0.1) is 5.92 Å². The minimum absolute atomic E-state index is 0.221. The first-order valence-corrected chi connectivity index (χ1v) is 8.45. The molecule has 18 heavy (non-hydrogen) atoms. The van der Waals surface area contributed by atoms with Gasteiger partial charge in [-0.15, -0.1) is 0 Å². The number of thioether (sulfide) groups is 1. The molecule has 1 heterocycles. The number of nitrogens with zero attached hydrogens (tertiary/aromatic N) is 1. The van der Waals surface area contributed by atoms with Gasteiger partial charge in [-0.1, -0.05) is 19.8 Å². The number of aliphatic carboxylic acids is 1. The van der Waals surface area contributed by atoms with Crippen molar-refractivity contribution >= 4 is 17.7 Å². The summed E-state index contributed by atoms with van der Waals surface area (Å²) in [6, 6.07) is 0.327. The number of fused-ring (bicyclic) bond motifs is 1. The molecular formula is C14H25NO2S. The molecule has 2 aliphatic rings. The molecule has 1 aliphatic carbocycles. The van der Waals surface area contributed by atoms with Crippen molar-refractivity contribution in [3.8, 4) is 0 Å². The molecule has 0 aromatic carbocycles. The van der Waals surface area contributed by atoms with E-state index >= 15 is 0 Å². The van der Waals surface area contributed by atoms with Crippen molar-refractivity contribution in [1.82, 2.24) is 4.90 Å². The van der Waals surface area contributed by atoms with Gasteiger partial charge >= 0.3 is 5.97 Å². The van der Waals surface area contributed by atoms with E-state index in [1.807, 2.05) is 11.8 Å². The van der Waals surface area contributed by atoms with Crippen LogP contribution in [0.3, 0.4) is 0 Å². The Hall–Kier alpha value is -0.220. The molecule has 0 aromatic heterocycles. The maximum absolute atomic E-state index is 11.4. The lowest BCUT2D eigenvalue weighted by molar-refractivity contribution is -0.147. The highest BCUT2D eigenvalue weighted by molar-refractivity contribution is 7.99. The summed E-state index contributed by atoms with van der Waals surface area (Å²) in [4.78, 5) is 13.7. The van der Waals surface area contributed by atoms with E-state index in [1.54, 1.807) is 0 Å². The van der Waals surface area contributed by atoms with Crippen molar-refractivity contribution in [1.29, 1.82) is 0 Å². The molecule has 1 N–H and O–H groups in total. The summed E-state index contributed by atoms with van der Waals surface area (Å²) in [5.74, 6) is 2.35. The molecule has 1 saturated carbocycles. The van der Waals surface area contributed by atoms with Gasteiger partial charge in [-0.25, -0.2) is 0 Å². The van der Waals surface area contributed by atoms with Crippen molar-refractivity contribution in [3.05, 3.63) is 0 Å². The van der Waals surface area contributed by atoms with Crippen LogP contribution in [0.15, 0.2) is 0 Å². The number of rotatable bonds is 5. The largest absolute Gasteiger partial charge is 0.480 e. The minimum Gasteiger partial charge on any atom is -0.480 e. The Balaban J connectivity index is 2.01. The van der Waals surface area contributed by atoms with E-state index in [9.17, 15) is 9.90 Å². The van der Waals surface area contributed by atoms with E-state index in [0.29, 0.717) is 6.04 Å². The molecule has 2 fully saturated rings. The second-order valence-electron chi connectivity index (χ2n) is 5.48. The first-order chi connectivity index (χ1) is 8.74. The fourth-order valence-corrected chi connectivity index (χ4v) is 4.26. The van der Waals surface area contributed by atoms with Gasteiger partial charge < -0.3 is 5.11 Å². The van der Waals surface area contributed by atoms with Gasteiger partial charge in [0.1, 0.15) is 6.04 Å². The summed E-state index contributed by atoms with van der Waals surface area (Å²) in [5, 5.41) is 9.41. The molecular weight excluding hydrogens is 246 g/mol. The number of piperidine rings is 1. The average Bonchev–Trinajstić information content (AvgIpc) is 2.38. The zero-order chi connectivity index (χ0) is 13.0. The molecule has 3 unspecified atom stereocenters. The number of carboxylic acids is 1. The van der Waals surface area contributed by atoms with Crippen LogP contribution in [-0.2, 0) is 4.79 Å². The topological polar surface area (TPSA) is 40.5 Å². The maximum Gasteiger partial charge on any atom is 0.320 e. The summed E-state index contributed by atoms with van der Waals surface area (Å²) in [6.07, 6.45) is 7.13. The van der Waals surface area contributed by atoms with Crippen LogP contribution in [0.5, 0.6) is 0 Å². The molecule has 0 aromatic rings. The molecule has 1 saturated heterocycles. The standard InChI is InChI=1S/C14H25NO2S/c1-2-18-10-9-15-12-6-4-3-5-11(12)7-8-13(15)14(16)17/h11-13H,2-10H2,1H3,(H,16,17). The number of hydrogen-bond acceptors (Lipinski definition) is 3. The second kappa shape index (κ2) is 6.80. The molecule has 2 rings (SSSR count). The maximum atomic E-state index is 11.4. The van der Waals surface area contributed by atoms with Crippen molar-refractivity contribution in [3.63, 3.8) is 0 Å². The highest BCUT2D eigenvalue weighted by atomic mass is 32.2. The fraction of sp³-hybridized carbons (Fsp3) is 0.929. The highest BCUT2D eigenvalue weighted by Crippen LogP contribution is 2.37. The molecule has 3 nitrogen and oxygen atoms in total. The Morgan fingerprint density at radius 3 is 2.78 bits per heavy atom. The lowest BCUT2D eigenvalue weighted by Gasteiger charge is -2.47.